The van der Waals surface area contributed by atoms with E-state index >= 15 is 0 Å². The molecule has 0 aliphatic heterocycles. The molecule has 0 saturated carbocycles. The molecule has 0 aliphatic carbocycles. The molecule has 0 bridgehead atoms. The third-order valence-electron chi connectivity index (χ3n) is 2.44. The Morgan fingerprint density at radius 2 is 1.89 bits per heavy atom. The Bertz CT molecular complexity index is 614. The van der Waals surface area contributed by atoms with Crippen LogP contribution in [-0.2, 0) is 4.79 Å². The predicted molar refractivity (Wildman–Crippen MR) is 68.3 cm³/mol. The lowest BCUT2D eigenvalue weighted by Crippen LogP contribution is -1.99. The normalized spacial score (nSPS) is 10.3. The predicted octanol–water partition coefficient (Wildman–Crippen LogP) is 3.08. The summed E-state index contributed by atoms with van der Waals surface area (Å²) in [5.74, 6) is -1.19. The molecule has 2 aromatic rings. The number of aldehydes is 1. The molecule has 0 aliphatic rings. The van der Waals surface area contributed by atoms with Gasteiger partial charge < -0.3 is 10.1 Å². The summed E-state index contributed by atoms with van der Waals surface area (Å²) in [6.45, 7) is 0. The number of H-pyrrole nitrogens is 1. The summed E-state index contributed by atoms with van der Waals surface area (Å²) in [6.07, 6.45) is 1.49. The van der Waals surface area contributed by atoms with Crippen molar-refractivity contribution in [3.05, 3.63) is 40.1 Å². The van der Waals surface area contributed by atoms with E-state index < -0.39 is 5.78 Å². The minimum absolute atomic E-state index is 0.115. The van der Waals surface area contributed by atoms with E-state index in [4.69, 9.17) is 23.2 Å². The van der Waals surface area contributed by atoms with E-state index in [-0.39, 0.29) is 23.3 Å². The lowest BCUT2D eigenvalue weighted by Gasteiger charge is -2.05. The molecule has 6 heteroatoms. The molecule has 0 spiro atoms. The largest absolute Gasteiger partial charge is 0.505 e. The lowest BCUT2D eigenvalue weighted by molar-refractivity contribution is -0.104. The second kappa shape index (κ2) is 4.84. The third-order valence-corrected chi connectivity index (χ3v) is 3.07. The number of Topliss-reactive ketones (excluding diaryl/α,β-unsaturated/α-hetero) is 1. The summed E-state index contributed by atoms with van der Waals surface area (Å²) in [6, 6.07) is 4.88. The molecule has 1 aromatic carbocycles. The second-order valence-corrected chi connectivity index (χ2v) is 4.32. The van der Waals surface area contributed by atoms with Gasteiger partial charge in [0.15, 0.2) is 12.0 Å². The van der Waals surface area contributed by atoms with Crippen molar-refractivity contribution >= 4 is 35.3 Å². The van der Waals surface area contributed by atoms with E-state index in [1.165, 1.54) is 6.20 Å². The molecule has 4 nitrogen and oxygen atoms in total. The summed E-state index contributed by atoms with van der Waals surface area (Å²) >= 11 is 12.0. The highest BCUT2D eigenvalue weighted by Crippen LogP contribution is 2.40. The number of ketones is 1. The van der Waals surface area contributed by atoms with E-state index in [0.29, 0.717) is 15.6 Å². The zero-order valence-corrected chi connectivity index (χ0v) is 10.4. The number of rotatable bonds is 3. The van der Waals surface area contributed by atoms with Gasteiger partial charge in [-0.05, 0) is 12.1 Å². The smallest absolute Gasteiger partial charge is 0.245 e. The van der Waals surface area contributed by atoms with Crippen molar-refractivity contribution in [2.24, 2.45) is 0 Å². The van der Waals surface area contributed by atoms with Crippen LogP contribution in [0.25, 0.3) is 11.1 Å². The summed E-state index contributed by atoms with van der Waals surface area (Å²) in [7, 11) is 0. The van der Waals surface area contributed by atoms with Crippen LogP contribution in [0.15, 0.2) is 24.4 Å². The number of aromatic amines is 1. The van der Waals surface area contributed by atoms with Gasteiger partial charge in [0.2, 0.25) is 5.78 Å². The first-order chi connectivity index (χ1) is 8.56. The topological polar surface area (TPSA) is 70.2 Å². The van der Waals surface area contributed by atoms with Gasteiger partial charge in [-0.25, -0.2) is 0 Å². The first-order valence-electron chi connectivity index (χ1n) is 4.90. The standard InChI is InChI=1S/C12H7Cl2NO3/c13-7-2-1-3-8(14)10(7)6-4-15-11(12(6)18)9(17)5-16/h1-5,15,18H. The zero-order chi connectivity index (χ0) is 13.3. The fraction of sp³-hybridized carbons (Fsp3) is 0. The maximum atomic E-state index is 11.2. The van der Waals surface area contributed by atoms with E-state index in [1.54, 1.807) is 18.2 Å². The fourth-order valence-electron chi connectivity index (χ4n) is 1.61. The van der Waals surface area contributed by atoms with Crippen LogP contribution in [0.3, 0.4) is 0 Å². The molecule has 92 valence electrons. The molecule has 18 heavy (non-hydrogen) atoms. The number of hydrogen-bond donors (Lipinski definition) is 2. The van der Waals surface area contributed by atoms with Crippen molar-refractivity contribution in [2.75, 3.05) is 0 Å². The van der Waals surface area contributed by atoms with Gasteiger partial charge in [0.1, 0.15) is 5.69 Å². The molecule has 2 N–H and O–H groups in total. The molecular formula is C12H7Cl2NO3. The van der Waals surface area contributed by atoms with Crippen molar-refractivity contribution in [3.8, 4) is 16.9 Å². The monoisotopic (exact) mass is 283 g/mol. The van der Waals surface area contributed by atoms with Crippen molar-refractivity contribution in [1.82, 2.24) is 4.98 Å². The second-order valence-electron chi connectivity index (χ2n) is 3.50. The number of aromatic nitrogens is 1. The van der Waals surface area contributed by atoms with Gasteiger partial charge in [-0.15, -0.1) is 0 Å². The molecule has 0 saturated heterocycles. The molecule has 0 radical (unpaired) electrons. The Labute approximate surface area is 112 Å². The van der Waals surface area contributed by atoms with Crippen molar-refractivity contribution in [2.45, 2.75) is 0 Å². The first kappa shape index (κ1) is 12.7. The molecule has 1 aromatic heterocycles. The Morgan fingerprint density at radius 3 is 2.44 bits per heavy atom. The summed E-state index contributed by atoms with van der Waals surface area (Å²) in [5.41, 5.74) is 0.492. The van der Waals surface area contributed by atoms with Gasteiger partial charge >= 0.3 is 0 Å². The molecule has 2 rings (SSSR count). The van der Waals surface area contributed by atoms with Crippen molar-refractivity contribution < 1.29 is 14.7 Å². The van der Waals surface area contributed by atoms with Crippen LogP contribution < -0.4 is 0 Å². The maximum absolute atomic E-state index is 11.2. The zero-order valence-electron chi connectivity index (χ0n) is 8.91. The average molecular weight is 284 g/mol. The minimum Gasteiger partial charge on any atom is -0.505 e. The highest BCUT2D eigenvalue weighted by Gasteiger charge is 2.20. The third kappa shape index (κ3) is 2.00. The quantitative estimate of drug-likeness (QED) is 0.517. The molecule has 0 unspecified atom stereocenters. The van der Waals surface area contributed by atoms with Crippen LogP contribution in [0.2, 0.25) is 10.0 Å². The van der Waals surface area contributed by atoms with Crippen LogP contribution in [0, 0.1) is 0 Å². The van der Waals surface area contributed by atoms with Crippen LogP contribution in [-0.4, -0.2) is 22.2 Å². The summed E-state index contributed by atoms with van der Waals surface area (Å²) in [4.78, 5) is 24.2. The van der Waals surface area contributed by atoms with E-state index in [2.05, 4.69) is 4.98 Å². The van der Waals surface area contributed by atoms with Gasteiger partial charge in [-0.3, -0.25) is 9.59 Å². The molecule has 1 heterocycles. The first-order valence-corrected chi connectivity index (χ1v) is 5.66. The van der Waals surface area contributed by atoms with Gasteiger partial charge in [-0.2, -0.15) is 0 Å². The number of carbonyl (C=O) groups excluding carboxylic acids is 2. The maximum Gasteiger partial charge on any atom is 0.245 e. The Kier molecular flexibility index (Phi) is 3.41. The number of nitrogens with one attached hydrogen (secondary N) is 1. The molecular weight excluding hydrogens is 277 g/mol. The van der Waals surface area contributed by atoms with E-state index in [0.717, 1.165) is 0 Å². The van der Waals surface area contributed by atoms with Crippen LogP contribution in [0.4, 0.5) is 0 Å². The number of carbonyl (C=O) groups is 2. The minimum atomic E-state index is -0.845. The van der Waals surface area contributed by atoms with Gasteiger partial charge in [-0.1, -0.05) is 29.3 Å². The summed E-state index contributed by atoms with van der Waals surface area (Å²) in [5, 5.41) is 10.6. The van der Waals surface area contributed by atoms with Crippen LogP contribution in [0.5, 0.6) is 5.75 Å². The fourth-order valence-corrected chi connectivity index (χ4v) is 2.21. The number of halogens is 2. The van der Waals surface area contributed by atoms with Crippen LogP contribution in [0.1, 0.15) is 10.5 Å². The average Bonchev–Trinajstić information content (AvgIpc) is 2.71. The Balaban J connectivity index is 2.63. The Hall–Kier alpha value is -1.78. The number of hydrogen-bond acceptors (Lipinski definition) is 3. The molecule has 0 amide bonds. The molecule has 0 fully saturated rings. The number of aromatic hydroxyl groups is 1. The SMILES string of the molecule is O=CC(=O)c1[nH]cc(-c2c(Cl)cccc2Cl)c1O. The van der Waals surface area contributed by atoms with Gasteiger partial charge in [0.25, 0.3) is 0 Å². The summed E-state index contributed by atoms with van der Waals surface area (Å²) < 4.78 is 0. The highest BCUT2D eigenvalue weighted by atomic mass is 35.5. The Morgan fingerprint density at radius 1 is 1.28 bits per heavy atom. The highest BCUT2D eigenvalue weighted by molar-refractivity contribution is 6.39. The van der Waals surface area contributed by atoms with E-state index in [9.17, 15) is 14.7 Å². The van der Waals surface area contributed by atoms with Crippen molar-refractivity contribution in [3.63, 3.8) is 0 Å². The number of benzene rings is 1. The van der Waals surface area contributed by atoms with E-state index in [1.807, 2.05) is 0 Å². The van der Waals surface area contributed by atoms with Crippen LogP contribution >= 0.6 is 23.2 Å². The molecule has 0 atom stereocenters. The van der Waals surface area contributed by atoms with Gasteiger partial charge in [0, 0.05) is 17.3 Å². The lowest BCUT2D eigenvalue weighted by atomic mass is 10.1. The van der Waals surface area contributed by atoms with Crippen molar-refractivity contribution in [1.29, 1.82) is 0 Å². The van der Waals surface area contributed by atoms with Gasteiger partial charge in [0.05, 0.1) is 10.0 Å².